The molecule has 110 valence electrons. The van der Waals surface area contributed by atoms with Crippen molar-refractivity contribution in [3.63, 3.8) is 0 Å². The van der Waals surface area contributed by atoms with Crippen molar-refractivity contribution in [3.8, 4) is 0 Å². The second-order valence-electron chi connectivity index (χ2n) is 5.59. The molecule has 1 aliphatic heterocycles. The van der Waals surface area contributed by atoms with Crippen LogP contribution in [-0.2, 0) is 10.0 Å². The summed E-state index contributed by atoms with van der Waals surface area (Å²) in [5.74, 6) is 0. The van der Waals surface area contributed by atoms with E-state index in [0.29, 0.717) is 9.37 Å². The van der Waals surface area contributed by atoms with Crippen LogP contribution in [-0.4, -0.2) is 38.5 Å². The monoisotopic (exact) mass is 358 g/mol. The third kappa shape index (κ3) is 3.24. The largest absolute Gasteiger partial charge is 0.300 e. The van der Waals surface area contributed by atoms with Crippen LogP contribution in [0.2, 0.25) is 0 Å². The second-order valence-corrected chi connectivity index (χ2v) is 8.13. The number of halogens is 1. The van der Waals surface area contributed by atoms with E-state index in [9.17, 15) is 8.42 Å². The molecule has 0 aromatic heterocycles. The van der Waals surface area contributed by atoms with Crippen molar-refractivity contribution in [1.29, 1.82) is 0 Å². The summed E-state index contributed by atoms with van der Waals surface area (Å²) in [5.41, 5.74) is 0. The fourth-order valence-corrected chi connectivity index (χ4v) is 5.08. The van der Waals surface area contributed by atoms with Crippen LogP contribution in [0.3, 0.4) is 0 Å². The Hall–Kier alpha value is -0.430. The fourth-order valence-electron chi connectivity index (χ4n) is 2.77. The molecule has 1 aromatic rings. The van der Waals surface area contributed by atoms with E-state index < -0.39 is 10.0 Å². The van der Waals surface area contributed by atoms with Crippen molar-refractivity contribution in [2.75, 3.05) is 13.1 Å². The molecule has 2 fully saturated rings. The highest BCUT2D eigenvalue weighted by molar-refractivity contribution is 9.10. The Bertz CT molecular complexity index is 579. The minimum absolute atomic E-state index is 0.0575. The highest BCUT2D eigenvalue weighted by Gasteiger charge is 2.33. The number of benzene rings is 1. The predicted octanol–water partition coefficient (Wildman–Crippen LogP) is 2.35. The summed E-state index contributed by atoms with van der Waals surface area (Å²) in [4.78, 5) is 2.81. The molecule has 0 spiro atoms. The zero-order chi connectivity index (χ0) is 14.2. The van der Waals surface area contributed by atoms with E-state index in [0.717, 1.165) is 32.0 Å². The Morgan fingerprint density at radius 1 is 1.10 bits per heavy atom. The summed E-state index contributed by atoms with van der Waals surface area (Å²) < 4.78 is 28.3. The number of nitrogens with one attached hydrogen (secondary N) is 1. The molecule has 4 nitrogen and oxygen atoms in total. The first-order chi connectivity index (χ1) is 9.56. The quantitative estimate of drug-likeness (QED) is 0.898. The number of hydrogen-bond acceptors (Lipinski definition) is 3. The highest BCUT2D eigenvalue weighted by atomic mass is 79.9. The number of nitrogens with zero attached hydrogens (tertiary/aromatic N) is 1. The van der Waals surface area contributed by atoms with Gasteiger partial charge in [0.05, 0.1) is 4.90 Å². The van der Waals surface area contributed by atoms with Gasteiger partial charge in [-0.15, -0.1) is 0 Å². The molecule has 1 saturated carbocycles. The maximum absolute atomic E-state index is 12.4. The highest BCUT2D eigenvalue weighted by Crippen LogP contribution is 2.30. The van der Waals surface area contributed by atoms with Gasteiger partial charge in [0.2, 0.25) is 10.0 Å². The molecule has 3 rings (SSSR count). The lowest BCUT2D eigenvalue weighted by molar-refractivity contribution is 0.199. The summed E-state index contributed by atoms with van der Waals surface area (Å²) in [5, 5.41) is 0. The normalized spacial score (nSPS) is 22.1. The maximum atomic E-state index is 12.4. The summed E-state index contributed by atoms with van der Waals surface area (Å²) in [7, 11) is -3.43. The van der Waals surface area contributed by atoms with Crippen LogP contribution >= 0.6 is 15.9 Å². The molecule has 0 amide bonds. The lowest BCUT2D eigenvalue weighted by atomic mass is 10.1. The van der Waals surface area contributed by atoms with E-state index in [1.807, 2.05) is 6.07 Å². The van der Waals surface area contributed by atoms with Crippen molar-refractivity contribution >= 4 is 26.0 Å². The molecule has 1 aliphatic carbocycles. The van der Waals surface area contributed by atoms with Crippen molar-refractivity contribution in [1.82, 2.24) is 9.62 Å². The summed E-state index contributed by atoms with van der Waals surface area (Å²) in [6.07, 6.45) is 4.43. The fraction of sp³-hybridized carbons (Fsp3) is 0.571. The number of piperidine rings is 1. The summed E-state index contributed by atoms with van der Waals surface area (Å²) in [6.45, 7) is 2.02. The van der Waals surface area contributed by atoms with Gasteiger partial charge in [0.15, 0.2) is 0 Å². The third-order valence-electron chi connectivity index (χ3n) is 4.04. The Balaban J connectivity index is 1.64. The van der Waals surface area contributed by atoms with Gasteiger partial charge >= 0.3 is 0 Å². The number of likely N-dealkylation sites (tertiary alicyclic amines) is 1. The van der Waals surface area contributed by atoms with Gasteiger partial charge in [0, 0.05) is 16.6 Å². The van der Waals surface area contributed by atoms with Crippen LogP contribution in [0.25, 0.3) is 0 Å². The molecule has 2 aliphatic rings. The standard InChI is InChI=1S/C14H19BrN2O2S/c15-13-3-1-2-4-14(13)20(18,19)16-11-7-9-17(10-8-11)12-5-6-12/h1-4,11-12,16H,5-10H2. The Labute approximate surface area is 128 Å². The van der Waals surface area contributed by atoms with Gasteiger partial charge < -0.3 is 4.90 Å². The Morgan fingerprint density at radius 3 is 2.35 bits per heavy atom. The van der Waals surface area contributed by atoms with Crippen LogP contribution in [0, 0.1) is 0 Å². The molecule has 0 unspecified atom stereocenters. The van der Waals surface area contributed by atoms with Gasteiger partial charge in [-0.3, -0.25) is 0 Å². The summed E-state index contributed by atoms with van der Waals surface area (Å²) >= 11 is 3.31. The molecule has 6 heteroatoms. The molecule has 0 radical (unpaired) electrons. The first kappa shape index (κ1) is 14.5. The molecule has 1 aromatic carbocycles. The first-order valence-electron chi connectivity index (χ1n) is 7.07. The lowest BCUT2D eigenvalue weighted by Crippen LogP contribution is -2.45. The first-order valence-corrected chi connectivity index (χ1v) is 9.35. The SMILES string of the molecule is O=S(=O)(NC1CCN(C2CC2)CC1)c1ccccc1Br. The molecule has 20 heavy (non-hydrogen) atoms. The Kier molecular flexibility index (Phi) is 4.17. The zero-order valence-corrected chi connectivity index (χ0v) is 13.7. The van der Waals surface area contributed by atoms with Crippen molar-refractivity contribution in [2.24, 2.45) is 0 Å². The van der Waals surface area contributed by atoms with Crippen LogP contribution in [0.4, 0.5) is 0 Å². The lowest BCUT2D eigenvalue weighted by Gasteiger charge is -2.32. The Morgan fingerprint density at radius 2 is 1.75 bits per heavy atom. The van der Waals surface area contributed by atoms with Crippen molar-refractivity contribution in [3.05, 3.63) is 28.7 Å². The van der Waals surface area contributed by atoms with Crippen molar-refractivity contribution in [2.45, 2.75) is 42.7 Å². The minimum Gasteiger partial charge on any atom is -0.300 e. The van der Waals surface area contributed by atoms with Crippen LogP contribution < -0.4 is 4.72 Å². The summed E-state index contributed by atoms with van der Waals surface area (Å²) in [6, 6.07) is 7.78. The average Bonchev–Trinajstić information content (AvgIpc) is 3.24. The molecule has 1 saturated heterocycles. The van der Waals surface area contributed by atoms with E-state index in [1.54, 1.807) is 18.2 Å². The molecule has 0 bridgehead atoms. The van der Waals surface area contributed by atoms with Crippen LogP contribution in [0.15, 0.2) is 33.6 Å². The van der Waals surface area contributed by atoms with E-state index in [1.165, 1.54) is 12.8 Å². The molecule has 0 atom stereocenters. The van der Waals surface area contributed by atoms with Gasteiger partial charge in [-0.2, -0.15) is 0 Å². The van der Waals surface area contributed by atoms with Crippen LogP contribution in [0.1, 0.15) is 25.7 Å². The van der Waals surface area contributed by atoms with Crippen molar-refractivity contribution < 1.29 is 8.42 Å². The smallest absolute Gasteiger partial charge is 0.241 e. The van der Waals surface area contributed by atoms with E-state index >= 15 is 0 Å². The third-order valence-corrected chi connectivity index (χ3v) is 6.57. The van der Waals surface area contributed by atoms with E-state index in [-0.39, 0.29) is 6.04 Å². The van der Waals surface area contributed by atoms with Gasteiger partial charge in [-0.05, 0) is 66.8 Å². The molecule has 1 heterocycles. The van der Waals surface area contributed by atoms with Crippen LogP contribution in [0.5, 0.6) is 0 Å². The number of hydrogen-bond donors (Lipinski definition) is 1. The molecular formula is C14H19BrN2O2S. The van der Waals surface area contributed by atoms with E-state index in [2.05, 4.69) is 25.6 Å². The molecule has 1 N–H and O–H groups in total. The van der Waals surface area contributed by atoms with Gasteiger partial charge in [0.1, 0.15) is 0 Å². The zero-order valence-electron chi connectivity index (χ0n) is 11.3. The molecular weight excluding hydrogens is 340 g/mol. The topological polar surface area (TPSA) is 49.4 Å². The van der Waals surface area contributed by atoms with Gasteiger partial charge in [-0.25, -0.2) is 13.1 Å². The number of sulfonamides is 1. The second kappa shape index (κ2) is 5.75. The van der Waals surface area contributed by atoms with Gasteiger partial charge in [-0.1, -0.05) is 12.1 Å². The minimum atomic E-state index is -3.43. The van der Waals surface area contributed by atoms with E-state index in [4.69, 9.17) is 0 Å². The number of rotatable bonds is 4. The predicted molar refractivity (Wildman–Crippen MR) is 82.1 cm³/mol. The maximum Gasteiger partial charge on any atom is 0.241 e. The van der Waals surface area contributed by atoms with Gasteiger partial charge in [0.25, 0.3) is 0 Å². The average molecular weight is 359 g/mol.